The molecule has 34 heavy (non-hydrogen) atoms. The van der Waals surface area contributed by atoms with Crippen molar-refractivity contribution in [3.63, 3.8) is 0 Å². The number of nitrogens with zero attached hydrogens (tertiary/aromatic N) is 3. The average molecular weight is 504 g/mol. The molecular weight excluding hydrogens is 475 g/mol. The highest BCUT2D eigenvalue weighted by Gasteiger charge is 2.21. The van der Waals surface area contributed by atoms with E-state index in [0.717, 1.165) is 66.4 Å². The van der Waals surface area contributed by atoms with Crippen molar-refractivity contribution in [3.8, 4) is 0 Å². The predicted molar refractivity (Wildman–Crippen MR) is 140 cm³/mol. The quantitative estimate of drug-likeness (QED) is 0.341. The summed E-state index contributed by atoms with van der Waals surface area (Å²) in [6.07, 6.45) is 2.74. The Hall–Kier alpha value is -2.50. The van der Waals surface area contributed by atoms with Crippen molar-refractivity contribution >= 4 is 40.3 Å². The van der Waals surface area contributed by atoms with Crippen LogP contribution in [-0.2, 0) is 19.3 Å². The van der Waals surface area contributed by atoms with Gasteiger partial charge >= 0.3 is 0 Å². The van der Waals surface area contributed by atoms with Crippen molar-refractivity contribution in [2.24, 2.45) is 0 Å². The minimum Gasteiger partial charge on any atom is -0.374 e. The van der Waals surface area contributed by atoms with Crippen molar-refractivity contribution in [1.29, 1.82) is 0 Å². The summed E-state index contributed by atoms with van der Waals surface area (Å²) in [5.41, 5.74) is 6.34. The van der Waals surface area contributed by atoms with Crippen LogP contribution < -0.4 is 14.7 Å². The van der Waals surface area contributed by atoms with Crippen molar-refractivity contribution in [3.05, 3.63) is 86.9 Å². The first-order valence-electron chi connectivity index (χ1n) is 11.4. The second-order valence-electron chi connectivity index (χ2n) is 8.88. The first-order chi connectivity index (χ1) is 16.3. The number of hydrogen-bond donors (Lipinski definition) is 0. The Kier molecular flexibility index (Phi) is 7.54. The minimum atomic E-state index is -0.251. The Morgan fingerprint density at radius 2 is 1.26 bits per heavy atom. The van der Waals surface area contributed by atoms with Gasteiger partial charge in [-0.15, -0.1) is 0 Å². The van der Waals surface area contributed by atoms with E-state index in [2.05, 4.69) is 29.0 Å². The Morgan fingerprint density at radius 1 is 0.676 bits per heavy atom. The molecule has 0 spiro atoms. The molecule has 3 aliphatic heterocycles. The summed E-state index contributed by atoms with van der Waals surface area (Å²) in [7, 11) is 6.06. The average Bonchev–Trinajstić information content (AvgIpc) is 3.50. The number of fused-ring (bicyclic) bond motifs is 3. The lowest BCUT2D eigenvalue weighted by Gasteiger charge is -2.11. The van der Waals surface area contributed by atoms with Crippen molar-refractivity contribution in [2.75, 3.05) is 55.5 Å². The summed E-state index contributed by atoms with van der Waals surface area (Å²) in [5, 5.41) is 1.07. The lowest BCUT2D eigenvalue weighted by Crippen LogP contribution is -2.12. The molecule has 3 heterocycles. The molecule has 180 valence electrons. The van der Waals surface area contributed by atoms with Gasteiger partial charge in [-0.05, 0) is 67.3 Å². The molecule has 3 aromatic carbocycles. The zero-order chi connectivity index (χ0) is 24.4. The number of hydrogen-bond acceptors (Lipinski definition) is 3. The second kappa shape index (κ2) is 10.4. The van der Waals surface area contributed by atoms with E-state index in [-0.39, 0.29) is 16.7 Å². The third-order valence-electron chi connectivity index (χ3n) is 6.65. The maximum Gasteiger partial charge on any atom is 0.147 e. The van der Waals surface area contributed by atoms with Crippen LogP contribution >= 0.6 is 23.2 Å². The second-order valence-corrected chi connectivity index (χ2v) is 9.73. The van der Waals surface area contributed by atoms with Crippen LogP contribution in [0.25, 0.3) is 0 Å². The van der Waals surface area contributed by atoms with Crippen LogP contribution in [0, 0.1) is 11.6 Å². The molecule has 0 radical (unpaired) electrons. The number of halogens is 4. The number of benzene rings is 3. The van der Waals surface area contributed by atoms with E-state index in [4.69, 9.17) is 23.2 Å². The summed E-state index contributed by atoms with van der Waals surface area (Å²) < 4.78 is 26.4. The normalized spacial score (nSPS) is 15.2. The molecule has 6 rings (SSSR count). The first kappa shape index (κ1) is 24.6. The van der Waals surface area contributed by atoms with Crippen LogP contribution in [0.3, 0.4) is 0 Å². The summed E-state index contributed by atoms with van der Waals surface area (Å²) >= 11 is 11.5. The minimum absolute atomic E-state index is 0.0631. The van der Waals surface area contributed by atoms with Gasteiger partial charge in [0, 0.05) is 74.0 Å². The molecule has 0 bridgehead atoms. The van der Waals surface area contributed by atoms with E-state index < -0.39 is 0 Å². The van der Waals surface area contributed by atoms with E-state index in [1.165, 1.54) is 17.3 Å². The third kappa shape index (κ3) is 5.11. The molecule has 3 nitrogen and oxygen atoms in total. The molecular formula is C27H29Cl2F2N3. The fraction of sp³-hybridized carbons (Fsp3) is 0.333. The highest BCUT2D eigenvalue weighted by Crippen LogP contribution is 2.32. The van der Waals surface area contributed by atoms with Crippen LogP contribution in [0.4, 0.5) is 25.8 Å². The van der Waals surface area contributed by atoms with Crippen LogP contribution in [0.1, 0.15) is 16.7 Å². The molecule has 0 aromatic heterocycles. The van der Waals surface area contributed by atoms with E-state index in [1.54, 1.807) is 12.1 Å². The van der Waals surface area contributed by atoms with Crippen molar-refractivity contribution < 1.29 is 8.78 Å². The summed E-state index contributed by atoms with van der Waals surface area (Å²) in [6, 6.07) is 14.8. The molecule has 0 atom stereocenters. The highest BCUT2D eigenvalue weighted by atomic mass is 35.5. The zero-order valence-corrected chi connectivity index (χ0v) is 21.2. The van der Waals surface area contributed by atoms with Crippen LogP contribution in [0.2, 0.25) is 10.0 Å². The SMILES string of the molecule is CN1CCc2c(F)cccc21.CN1CCc2c1ccc(Cl)c2F.CN1CCc2cc(Cl)ccc21. The molecule has 0 N–H and O–H groups in total. The highest BCUT2D eigenvalue weighted by molar-refractivity contribution is 6.31. The number of anilines is 3. The Bertz CT molecular complexity index is 1180. The van der Waals surface area contributed by atoms with Gasteiger partial charge in [-0.25, -0.2) is 8.78 Å². The Labute approximate surface area is 210 Å². The standard InChI is InChI=1S/C9H9ClFN.C9H10ClN.C9H10FN/c1-12-5-4-6-8(12)3-2-7(10)9(6)11;1-11-5-4-7-6-8(10)2-3-9(7)11;1-11-6-5-7-8(10)3-2-4-9(7)11/h2-3H,4-5H2,1H3;2-3,6H,4-5H2,1H3;2-4H,5-6H2,1H3. The smallest absolute Gasteiger partial charge is 0.147 e. The van der Waals surface area contributed by atoms with Crippen LogP contribution in [-0.4, -0.2) is 40.8 Å². The third-order valence-corrected chi connectivity index (χ3v) is 7.18. The largest absolute Gasteiger partial charge is 0.374 e. The van der Waals surface area contributed by atoms with Gasteiger partial charge in [0.1, 0.15) is 11.6 Å². The van der Waals surface area contributed by atoms with E-state index in [0.29, 0.717) is 0 Å². The van der Waals surface area contributed by atoms with Gasteiger partial charge in [-0.3, -0.25) is 0 Å². The summed E-state index contributed by atoms with van der Waals surface area (Å²) in [4.78, 5) is 6.37. The first-order valence-corrected chi connectivity index (χ1v) is 12.2. The Balaban J connectivity index is 0.000000121. The molecule has 7 heteroatoms. The fourth-order valence-corrected chi connectivity index (χ4v) is 5.04. The molecule has 0 fully saturated rings. The topological polar surface area (TPSA) is 9.72 Å². The van der Waals surface area contributed by atoms with E-state index in [9.17, 15) is 8.78 Å². The van der Waals surface area contributed by atoms with E-state index >= 15 is 0 Å². The van der Waals surface area contributed by atoms with Gasteiger partial charge in [-0.2, -0.15) is 0 Å². The molecule has 0 aliphatic carbocycles. The van der Waals surface area contributed by atoms with Gasteiger partial charge in [-0.1, -0.05) is 29.3 Å². The van der Waals surface area contributed by atoms with Crippen molar-refractivity contribution in [1.82, 2.24) is 0 Å². The lowest BCUT2D eigenvalue weighted by atomic mass is 10.1. The summed E-state index contributed by atoms with van der Waals surface area (Å²) in [6.45, 7) is 2.94. The van der Waals surface area contributed by atoms with Gasteiger partial charge in [0.05, 0.1) is 5.02 Å². The van der Waals surface area contributed by atoms with E-state index in [1.807, 2.05) is 37.2 Å². The summed E-state index contributed by atoms with van der Waals surface area (Å²) in [5.74, 6) is -0.314. The molecule has 3 aromatic rings. The van der Waals surface area contributed by atoms with Crippen LogP contribution in [0.15, 0.2) is 48.5 Å². The molecule has 0 saturated carbocycles. The van der Waals surface area contributed by atoms with Gasteiger partial charge in [0.2, 0.25) is 0 Å². The fourth-order valence-electron chi connectivity index (χ4n) is 4.67. The molecule has 0 amide bonds. The van der Waals surface area contributed by atoms with Gasteiger partial charge in [0.15, 0.2) is 0 Å². The monoisotopic (exact) mass is 503 g/mol. The predicted octanol–water partition coefficient (Wildman–Crippen LogP) is 6.62. The van der Waals surface area contributed by atoms with Gasteiger partial charge in [0.25, 0.3) is 0 Å². The van der Waals surface area contributed by atoms with Gasteiger partial charge < -0.3 is 14.7 Å². The maximum absolute atomic E-state index is 13.3. The Morgan fingerprint density at radius 3 is 1.97 bits per heavy atom. The molecule has 3 aliphatic rings. The zero-order valence-electron chi connectivity index (χ0n) is 19.7. The maximum atomic E-state index is 13.3. The molecule has 0 unspecified atom stereocenters. The number of likely N-dealkylation sites (N-methyl/N-ethyl adjacent to an activating group) is 3. The number of rotatable bonds is 0. The van der Waals surface area contributed by atoms with Crippen molar-refractivity contribution in [2.45, 2.75) is 19.3 Å². The molecule has 0 saturated heterocycles. The lowest BCUT2D eigenvalue weighted by molar-refractivity contribution is 0.615. The van der Waals surface area contributed by atoms with Crippen LogP contribution in [0.5, 0.6) is 0 Å².